The van der Waals surface area contributed by atoms with E-state index in [4.69, 9.17) is 27.9 Å². The molecule has 1 saturated heterocycles. The fraction of sp³-hybridized carbons (Fsp3) is 0.172. The molecule has 3 aromatic carbocycles. The molecule has 1 fully saturated rings. The number of imide groups is 1. The Morgan fingerprint density at radius 1 is 1.02 bits per heavy atom. The number of nitrogens with one attached hydrogen (secondary N) is 2. The fourth-order valence-electron chi connectivity index (χ4n) is 5.11. The maximum atomic E-state index is 14.0. The first-order chi connectivity index (χ1) is 20.1. The number of H-pyrrole nitrogens is 1. The van der Waals surface area contributed by atoms with Crippen LogP contribution in [0.4, 0.5) is 11.4 Å². The number of aromatic nitrogens is 1. The van der Waals surface area contributed by atoms with Crippen LogP contribution in [0.3, 0.4) is 0 Å². The molecule has 3 atom stereocenters. The minimum Gasteiger partial charge on any atom is -0.483 e. The third-order valence-electron chi connectivity index (χ3n) is 6.99. The lowest BCUT2D eigenvalue weighted by molar-refractivity contribution is -0.122. The number of anilines is 2. The minimum atomic E-state index is -0.801. The first-order valence-electron chi connectivity index (χ1n) is 12.6. The first kappa shape index (κ1) is 29.0. The molecule has 4 aromatic rings. The fourth-order valence-corrected chi connectivity index (χ4v) is 8.29. The number of carbonyl (C=O) groups excluding carboxylic acids is 3. The highest BCUT2D eigenvalue weighted by Gasteiger charge is 2.56. The Bertz CT molecular complexity index is 1810. The molecule has 8 nitrogen and oxygen atoms in total. The third-order valence-corrected chi connectivity index (χ3v) is 10.6. The van der Waals surface area contributed by atoms with Crippen molar-refractivity contribution in [2.45, 2.75) is 23.1 Å². The number of benzene rings is 3. The smallest absolute Gasteiger partial charge is 0.305 e. The molecule has 3 heterocycles. The number of fused-ring (bicyclic) bond motifs is 2. The van der Waals surface area contributed by atoms with Crippen molar-refractivity contribution in [1.82, 2.24) is 4.98 Å². The topological polar surface area (TPSA) is 109 Å². The van der Waals surface area contributed by atoms with Gasteiger partial charge in [-0.2, -0.15) is 0 Å². The van der Waals surface area contributed by atoms with E-state index in [1.54, 1.807) is 42.5 Å². The van der Waals surface area contributed by atoms with Crippen molar-refractivity contribution in [3.8, 4) is 5.75 Å². The van der Waals surface area contributed by atoms with Crippen molar-refractivity contribution in [3.63, 3.8) is 0 Å². The zero-order chi connectivity index (χ0) is 29.7. The normalized spacial score (nSPS) is 19.4. The van der Waals surface area contributed by atoms with Gasteiger partial charge in [0.05, 0.1) is 26.7 Å². The summed E-state index contributed by atoms with van der Waals surface area (Å²) in [4.78, 5) is 57.4. The number of rotatable bonds is 6. The highest BCUT2D eigenvalue weighted by molar-refractivity contribution is 9.10. The minimum absolute atomic E-state index is 0.286. The Labute approximate surface area is 266 Å². The molecule has 2 N–H and O–H groups in total. The van der Waals surface area contributed by atoms with Gasteiger partial charge >= 0.3 is 4.87 Å². The molecule has 2 aliphatic rings. The number of hydrogen-bond acceptors (Lipinski definition) is 7. The highest BCUT2D eigenvalue weighted by atomic mass is 79.9. The molecular formula is C29H20BrCl2N3O5S2. The number of amides is 3. The molecule has 214 valence electrons. The van der Waals surface area contributed by atoms with Crippen LogP contribution in [0.15, 0.2) is 75.0 Å². The number of aryl methyl sites for hydroxylation is 1. The van der Waals surface area contributed by atoms with Crippen LogP contribution in [-0.2, 0) is 14.4 Å². The van der Waals surface area contributed by atoms with E-state index in [0.29, 0.717) is 47.1 Å². The van der Waals surface area contributed by atoms with Gasteiger partial charge in [0.25, 0.3) is 5.91 Å². The van der Waals surface area contributed by atoms with E-state index < -0.39 is 23.0 Å². The SMILES string of the molecule is Cc1ccc(N2C(=O)C3Sc4[nH]c(=O)sc4[C@H](c4cc(Br)ccc4OCC(=O)Nc4ccc(Cl)c(Cl)c4)C3C2=O)cc1. The summed E-state index contributed by atoms with van der Waals surface area (Å²) in [6.45, 7) is 1.58. The van der Waals surface area contributed by atoms with E-state index in [2.05, 4.69) is 26.2 Å². The maximum absolute atomic E-state index is 14.0. The molecule has 0 aliphatic carbocycles. The van der Waals surface area contributed by atoms with Crippen molar-refractivity contribution >= 4 is 91.3 Å². The molecule has 13 heteroatoms. The molecule has 3 amide bonds. The molecule has 6 rings (SSSR count). The van der Waals surface area contributed by atoms with Gasteiger partial charge in [-0.05, 0) is 55.5 Å². The van der Waals surface area contributed by atoms with E-state index in [0.717, 1.165) is 16.9 Å². The average Bonchev–Trinajstić information content (AvgIpc) is 3.44. The van der Waals surface area contributed by atoms with Crippen LogP contribution < -0.4 is 19.8 Å². The molecule has 0 saturated carbocycles. The zero-order valence-electron chi connectivity index (χ0n) is 21.7. The summed E-state index contributed by atoms with van der Waals surface area (Å²) in [5.41, 5.74) is 2.52. The van der Waals surface area contributed by atoms with Gasteiger partial charge in [-0.25, -0.2) is 4.90 Å². The van der Waals surface area contributed by atoms with Crippen molar-refractivity contribution in [1.29, 1.82) is 0 Å². The van der Waals surface area contributed by atoms with Gasteiger partial charge in [-0.1, -0.05) is 79.9 Å². The van der Waals surface area contributed by atoms with Crippen LogP contribution in [0.2, 0.25) is 10.0 Å². The molecule has 0 bridgehead atoms. The lowest BCUT2D eigenvalue weighted by Gasteiger charge is -2.31. The van der Waals surface area contributed by atoms with E-state index in [9.17, 15) is 19.2 Å². The standard InChI is InChI=1S/C29H20BrCl2N3O5S2/c1-13-2-6-16(7-3-13)35-27(37)23-22(24-26(34-29(39)42-24)41-25(23)28(35)38)17-10-14(30)4-9-20(17)40-12-21(36)33-15-5-8-18(31)19(32)11-15/h2-11,22-23,25H,12H2,1H3,(H,33,36)(H,34,39)/t22-,23?,25?/m1/s1. The summed E-state index contributed by atoms with van der Waals surface area (Å²) in [5, 5.41) is 3.17. The Hall–Kier alpha value is -3.09. The Morgan fingerprint density at radius 2 is 1.79 bits per heavy atom. The van der Waals surface area contributed by atoms with Crippen LogP contribution in [0, 0.1) is 12.8 Å². The zero-order valence-corrected chi connectivity index (χ0v) is 26.4. The van der Waals surface area contributed by atoms with Crippen molar-refractivity contribution in [2.75, 3.05) is 16.8 Å². The maximum Gasteiger partial charge on any atom is 0.305 e. The number of aromatic amines is 1. The molecule has 0 spiro atoms. The number of thiazole rings is 1. The van der Waals surface area contributed by atoms with Crippen molar-refractivity contribution < 1.29 is 19.1 Å². The van der Waals surface area contributed by atoms with Gasteiger partial charge < -0.3 is 15.0 Å². The number of hydrogen-bond donors (Lipinski definition) is 2. The molecular weight excluding hydrogens is 685 g/mol. The molecule has 42 heavy (non-hydrogen) atoms. The monoisotopic (exact) mass is 703 g/mol. The van der Waals surface area contributed by atoms with Gasteiger partial charge in [0.1, 0.15) is 11.0 Å². The van der Waals surface area contributed by atoms with Crippen LogP contribution in [-0.4, -0.2) is 34.6 Å². The molecule has 0 radical (unpaired) electrons. The number of halogens is 3. The van der Waals surface area contributed by atoms with Gasteiger partial charge in [0, 0.05) is 26.5 Å². The van der Waals surface area contributed by atoms with E-state index in [1.165, 1.54) is 22.7 Å². The van der Waals surface area contributed by atoms with Crippen LogP contribution in [0.25, 0.3) is 0 Å². The highest BCUT2D eigenvalue weighted by Crippen LogP contribution is 2.54. The summed E-state index contributed by atoms with van der Waals surface area (Å²) in [7, 11) is 0. The predicted octanol–water partition coefficient (Wildman–Crippen LogP) is 6.63. The largest absolute Gasteiger partial charge is 0.483 e. The third kappa shape index (κ3) is 5.40. The van der Waals surface area contributed by atoms with Crippen LogP contribution >= 0.6 is 62.2 Å². The summed E-state index contributed by atoms with van der Waals surface area (Å²) < 4.78 is 6.70. The lowest BCUT2D eigenvalue weighted by Crippen LogP contribution is -2.32. The average molecular weight is 705 g/mol. The second kappa shape index (κ2) is 11.5. The van der Waals surface area contributed by atoms with E-state index >= 15 is 0 Å². The van der Waals surface area contributed by atoms with Gasteiger partial charge in [0.2, 0.25) is 11.8 Å². The van der Waals surface area contributed by atoms with E-state index in [-0.39, 0.29) is 23.3 Å². The Kier molecular flexibility index (Phi) is 7.97. The van der Waals surface area contributed by atoms with Crippen LogP contribution in [0.1, 0.15) is 21.9 Å². The summed E-state index contributed by atoms with van der Waals surface area (Å²) in [5.74, 6) is -2.28. The van der Waals surface area contributed by atoms with Gasteiger partial charge in [-0.3, -0.25) is 19.2 Å². The second-order valence-corrected chi connectivity index (χ2v) is 13.6. The van der Waals surface area contributed by atoms with E-state index in [1.807, 2.05) is 19.1 Å². The molecule has 2 aliphatic heterocycles. The lowest BCUT2D eigenvalue weighted by atomic mass is 9.82. The van der Waals surface area contributed by atoms with Crippen LogP contribution in [0.5, 0.6) is 5.75 Å². The Balaban J connectivity index is 1.35. The number of carbonyl (C=O) groups is 3. The number of nitrogens with zero attached hydrogens (tertiary/aromatic N) is 1. The first-order valence-corrected chi connectivity index (χ1v) is 15.9. The van der Waals surface area contributed by atoms with Crippen molar-refractivity contribution in [2.24, 2.45) is 5.92 Å². The second-order valence-electron chi connectivity index (χ2n) is 9.75. The Morgan fingerprint density at radius 3 is 2.52 bits per heavy atom. The molecule has 1 aromatic heterocycles. The summed E-state index contributed by atoms with van der Waals surface area (Å²) in [6.07, 6.45) is 0. The number of ether oxygens (including phenoxy) is 1. The van der Waals surface area contributed by atoms with Crippen molar-refractivity contribution in [3.05, 3.63) is 101 Å². The van der Waals surface area contributed by atoms with Gasteiger partial charge in [0.15, 0.2) is 6.61 Å². The predicted molar refractivity (Wildman–Crippen MR) is 168 cm³/mol. The van der Waals surface area contributed by atoms with Gasteiger partial charge in [-0.15, -0.1) is 0 Å². The molecule has 2 unspecified atom stereocenters. The summed E-state index contributed by atoms with van der Waals surface area (Å²) in [6, 6.07) is 17.2. The number of thioether (sulfide) groups is 1. The quantitative estimate of drug-likeness (QED) is 0.218. The summed E-state index contributed by atoms with van der Waals surface area (Å²) >= 11 is 17.7.